The first-order valence-corrected chi connectivity index (χ1v) is 13.5. The molecule has 0 bridgehead atoms. The molecule has 0 spiro atoms. The van der Waals surface area contributed by atoms with Gasteiger partial charge in [-0.2, -0.15) is 0 Å². The van der Waals surface area contributed by atoms with Gasteiger partial charge in [0, 0.05) is 24.7 Å². The molecule has 1 atom stereocenters. The van der Waals surface area contributed by atoms with Gasteiger partial charge in [0.05, 0.1) is 5.54 Å². The van der Waals surface area contributed by atoms with Gasteiger partial charge in [0.1, 0.15) is 0 Å². The van der Waals surface area contributed by atoms with E-state index in [1.807, 2.05) is 0 Å². The third kappa shape index (κ3) is 2.71. The first-order chi connectivity index (χ1) is 13.8. The van der Waals surface area contributed by atoms with Crippen molar-refractivity contribution in [3.63, 3.8) is 0 Å². The van der Waals surface area contributed by atoms with Crippen LogP contribution in [0.25, 0.3) is 0 Å². The van der Waals surface area contributed by atoms with Gasteiger partial charge >= 0.3 is 0 Å². The number of rotatable bonds is 5. The average molecular weight is 409 g/mol. The van der Waals surface area contributed by atoms with E-state index in [4.69, 9.17) is 0 Å². The van der Waals surface area contributed by atoms with E-state index < -0.39 is 8.24 Å². The topological polar surface area (TPSA) is 25.2 Å². The van der Waals surface area contributed by atoms with Crippen LogP contribution in [0.5, 0.6) is 0 Å². The van der Waals surface area contributed by atoms with Crippen molar-refractivity contribution in [2.24, 2.45) is 0 Å². The predicted molar refractivity (Wildman–Crippen MR) is 123 cm³/mol. The van der Waals surface area contributed by atoms with Crippen molar-refractivity contribution in [3.8, 4) is 0 Å². The maximum absolute atomic E-state index is 12.9. The normalized spacial score (nSPS) is 22.0. The van der Waals surface area contributed by atoms with E-state index in [1.165, 1.54) is 16.7 Å². The van der Waals surface area contributed by atoms with Crippen LogP contribution in [0, 0.1) is 0 Å². The molecule has 1 aromatic carbocycles. The second-order valence-electron chi connectivity index (χ2n) is 9.98. The monoisotopic (exact) mass is 408 g/mol. The summed E-state index contributed by atoms with van der Waals surface area (Å²) in [7, 11) is -1.80. The third-order valence-electron chi connectivity index (χ3n) is 7.90. The highest BCUT2D eigenvalue weighted by molar-refractivity contribution is 6.82. The van der Waals surface area contributed by atoms with Gasteiger partial charge in [0.15, 0.2) is 8.24 Å². The van der Waals surface area contributed by atoms with E-state index in [9.17, 15) is 4.79 Å². The number of fused-ring (bicyclic) bond motifs is 3. The zero-order chi connectivity index (χ0) is 21.0. The minimum absolute atomic E-state index is 0.276. The molecule has 2 aliphatic rings. The summed E-state index contributed by atoms with van der Waals surface area (Å²) < 4.78 is 2.68. The van der Waals surface area contributed by atoms with Crippen LogP contribution in [-0.2, 0) is 16.8 Å². The number of hydrogen-bond donors (Lipinski definition) is 0. The predicted octanol–water partition coefficient (Wildman–Crippen LogP) is 5.93. The molecule has 2 aromatic rings. The summed E-state index contributed by atoms with van der Waals surface area (Å²) in [6.07, 6.45) is 7.47. The first-order valence-electron chi connectivity index (χ1n) is 11.3. The van der Waals surface area contributed by atoms with Crippen molar-refractivity contribution in [1.29, 1.82) is 0 Å². The summed E-state index contributed by atoms with van der Waals surface area (Å²) in [6, 6.07) is 10.7. The van der Waals surface area contributed by atoms with Crippen molar-refractivity contribution in [1.82, 2.24) is 9.13 Å². The Balaban J connectivity index is 1.95. The van der Waals surface area contributed by atoms with Crippen LogP contribution in [0.2, 0.25) is 16.6 Å². The lowest BCUT2D eigenvalue weighted by atomic mass is 9.77. The average Bonchev–Trinajstić information content (AvgIpc) is 3.24. The molecule has 0 radical (unpaired) electrons. The van der Waals surface area contributed by atoms with Crippen molar-refractivity contribution < 1.29 is 4.79 Å². The number of nitrogens with zero attached hydrogens (tertiary/aromatic N) is 2. The third-order valence-corrected chi connectivity index (χ3v) is 14.6. The zero-order valence-corrected chi connectivity index (χ0v) is 19.9. The number of benzene rings is 1. The molecular formula is C25H36N2OSi. The van der Waals surface area contributed by atoms with Crippen LogP contribution in [0.15, 0.2) is 42.7 Å². The van der Waals surface area contributed by atoms with Gasteiger partial charge < -0.3 is 9.13 Å². The fraction of sp³-hybridized carbons (Fsp3) is 0.560. The molecule has 4 rings (SSSR count). The molecule has 1 amide bonds. The molecule has 0 unspecified atom stereocenters. The van der Waals surface area contributed by atoms with E-state index in [2.05, 4.69) is 93.4 Å². The van der Waals surface area contributed by atoms with Crippen molar-refractivity contribution >= 4 is 14.1 Å². The lowest BCUT2D eigenvalue weighted by Gasteiger charge is -2.44. The molecule has 3 nitrogen and oxygen atoms in total. The van der Waals surface area contributed by atoms with Crippen molar-refractivity contribution in [2.75, 3.05) is 6.54 Å². The minimum atomic E-state index is -1.80. The van der Waals surface area contributed by atoms with Crippen LogP contribution < -0.4 is 0 Å². The molecule has 0 saturated carbocycles. The molecule has 3 heterocycles. The molecule has 0 aliphatic carbocycles. The molecule has 156 valence electrons. The second-order valence-corrected chi connectivity index (χ2v) is 15.7. The molecule has 29 heavy (non-hydrogen) atoms. The Morgan fingerprint density at radius 3 is 2.10 bits per heavy atom. The van der Waals surface area contributed by atoms with Gasteiger partial charge in [-0.1, -0.05) is 71.9 Å². The van der Waals surface area contributed by atoms with Gasteiger partial charge in [-0.05, 0) is 46.8 Å². The quantitative estimate of drug-likeness (QED) is 0.563. The largest absolute Gasteiger partial charge is 0.379 e. The Bertz CT molecular complexity index is 877. The molecule has 1 fully saturated rings. The summed E-state index contributed by atoms with van der Waals surface area (Å²) >= 11 is 0. The SMILES string of the molecule is CC(C)[Si](C(C)C)(C(C)C)n1cc2c(c1)[C@@]1(c3ccccc3)CCC(=O)N1CC2. The smallest absolute Gasteiger partial charge is 0.223 e. The maximum atomic E-state index is 12.9. The summed E-state index contributed by atoms with van der Waals surface area (Å²) in [5, 5.41) is 0. The van der Waals surface area contributed by atoms with Gasteiger partial charge in [-0.15, -0.1) is 0 Å². The molecule has 1 saturated heterocycles. The highest BCUT2D eigenvalue weighted by Crippen LogP contribution is 2.51. The number of carbonyl (C=O) groups is 1. The van der Waals surface area contributed by atoms with Crippen LogP contribution >= 0.6 is 0 Å². The Labute approximate surface area is 177 Å². The summed E-state index contributed by atoms with van der Waals surface area (Å²) in [5.74, 6) is 0.312. The van der Waals surface area contributed by atoms with Gasteiger partial charge in [-0.3, -0.25) is 4.79 Å². The molecule has 1 aromatic heterocycles. The molecule has 0 N–H and O–H groups in total. The van der Waals surface area contributed by atoms with Crippen LogP contribution in [0.1, 0.15) is 71.1 Å². The standard InChI is InChI=1S/C25H36N2OSi/c1-18(2)29(19(3)4,20(5)6)26-16-21-13-15-27-24(28)12-14-25(27,23(21)17-26)22-10-8-7-9-11-22/h7-11,16-20H,12-15H2,1-6H3/t25-/m0/s1. The van der Waals surface area contributed by atoms with E-state index in [1.54, 1.807) is 0 Å². The van der Waals surface area contributed by atoms with Gasteiger partial charge in [-0.25, -0.2) is 0 Å². The van der Waals surface area contributed by atoms with E-state index in [0.717, 1.165) is 19.4 Å². The fourth-order valence-electron chi connectivity index (χ4n) is 6.95. The van der Waals surface area contributed by atoms with Crippen LogP contribution in [-0.4, -0.2) is 29.8 Å². The number of amides is 1. The van der Waals surface area contributed by atoms with Gasteiger partial charge in [0.25, 0.3) is 0 Å². The Kier molecular flexibility index (Phi) is 5.05. The highest BCUT2D eigenvalue weighted by atomic mass is 28.3. The Morgan fingerprint density at radius 2 is 1.52 bits per heavy atom. The summed E-state index contributed by atoms with van der Waals surface area (Å²) in [6.45, 7) is 15.4. The van der Waals surface area contributed by atoms with Crippen LogP contribution in [0.4, 0.5) is 0 Å². The minimum Gasteiger partial charge on any atom is -0.379 e. The Hall–Kier alpha value is -1.81. The molecule has 4 heteroatoms. The summed E-state index contributed by atoms with van der Waals surface area (Å²) in [4.78, 5) is 15.0. The number of hydrogen-bond acceptors (Lipinski definition) is 1. The molecular weight excluding hydrogens is 372 g/mol. The van der Waals surface area contributed by atoms with Gasteiger partial charge in [0.2, 0.25) is 5.91 Å². The van der Waals surface area contributed by atoms with E-state index in [-0.39, 0.29) is 5.54 Å². The second kappa shape index (κ2) is 7.15. The van der Waals surface area contributed by atoms with Crippen molar-refractivity contribution in [3.05, 3.63) is 59.4 Å². The van der Waals surface area contributed by atoms with E-state index >= 15 is 0 Å². The van der Waals surface area contributed by atoms with Crippen LogP contribution in [0.3, 0.4) is 0 Å². The fourth-order valence-corrected chi connectivity index (χ4v) is 13.5. The van der Waals surface area contributed by atoms with Crippen molar-refractivity contribution in [2.45, 2.75) is 83.0 Å². The molecule has 2 aliphatic heterocycles. The van der Waals surface area contributed by atoms with E-state index in [0.29, 0.717) is 29.0 Å². The first kappa shape index (κ1) is 20.5. The number of carbonyl (C=O) groups excluding carboxylic acids is 1. The maximum Gasteiger partial charge on any atom is 0.223 e. The lowest BCUT2D eigenvalue weighted by molar-refractivity contribution is -0.131. The Morgan fingerprint density at radius 1 is 0.897 bits per heavy atom. The zero-order valence-electron chi connectivity index (χ0n) is 18.9. The lowest BCUT2D eigenvalue weighted by Crippen LogP contribution is -2.51. The summed E-state index contributed by atoms with van der Waals surface area (Å²) in [5.41, 5.74) is 5.82. The highest BCUT2D eigenvalue weighted by Gasteiger charge is 2.53. The number of aromatic nitrogens is 1.